The number of terminal acetylenes is 1. The number of benzene rings is 3. The molecule has 0 unspecified atom stereocenters. The Bertz CT molecular complexity index is 1230. The van der Waals surface area contributed by atoms with Crippen molar-refractivity contribution < 1.29 is 0 Å². The van der Waals surface area contributed by atoms with Crippen LogP contribution in [0.2, 0.25) is 0 Å². The van der Waals surface area contributed by atoms with E-state index in [9.17, 15) is 0 Å². The zero-order chi connectivity index (χ0) is 22.8. The second-order valence-electron chi connectivity index (χ2n) is 7.70. The van der Waals surface area contributed by atoms with Crippen LogP contribution in [-0.2, 0) is 0 Å². The summed E-state index contributed by atoms with van der Waals surface area (Å²) in [7, 11) is 0. The quantitative estimate of drug-likeness (QED) is 0.220. The summed E-state index contributed by atoms with van der Waals surface area (Å²) in [5.41, 5.74) is 9.54. The fraction of sp³-hybridized carbons (Fsp3) is 0.125. The molecule has 0 heterocycles. The van der Waals surface area contributed by atoms with E-state index in [1.807, 2.05) is 12.1 Å². The normalized spacial score (nSPS) is 12.0. The van der Waals surface area contributed by atoms with Crippen LogP contribution in [0.25, 0.3) is 11.1 Å². The topological polar surface area (TPSA) is 0 Å². The number of aryl methyl sites for hydroxylation is 1. The van der Waals surface area contributed by atoms with Crippen molar-refractivity contribution >= 4 is 11.1 Å². The highest BCUT2D eigenvalue weighted by Gasteiger charge is 2.13. The molecule has 0 aromatic heterocycles. The van der Waals surface area contributed by atoms with Gasteiger partial charge in [0.05, 0.1) is 0 Å². The lowest BCUT2D eigenvalue weighted by Gasteiger charge is -2.17. The molecule has 3 rings (SSSR count). The standard InChI is InChI=1S/C32H28/c1-5-7-13-27-19-23-30(24-20-27)32(29-14-9-8-10-15-29)31(16-11-12-25(3)6-2)28-21-17-26(4)18-22-28/h1,6,8-12,14-15,17-24H,16H2,2-4H3/b12-11-,25-6-,32-31+. The first-order chi connectivity index (χ1) is 15.6. The van der Waals surface area contributed by atoms with Gasteiger partial charge in [-0.3, -0.25) is 0 Å². The van der Waals surface area contributed by atoms with Crippen molar-refractivity contribution in [2.24, 2.45) is 0 Å². The lowest BCUT2D eigenvalue weighted by atomic mass is 9.87. The third kappa shape index (κ3) is 6.01. The van der Waals surface area contributed by atoms with Crippen molar-refractivity contribution in [3.8, 4) is 24.2 Å². The summed E-state index contributed by atoms with van der Waals surface area (Å²) in [5, 5.41) is 0. The first-order valence-electron chi connectivity index (χ1n) is 10.8. The van der Waals surface area contributed by atoms with Gasteiger partial charge in [-0.25, -0.2) is 0 Å². The van der Waals surface area contributed by atoms with E-state index < -0.39 is 0 Å². The maximum atomic E-state index is 5.28. The Balaban J connectivity index is 2.23. The van der Waals surface area contributed by atoms with Gasteiger partial charge in [-0.2, -0.15) is 0 Å². The summed E-state index contributed by atoms with van der Waals surface area (Å²) < 4.78 is 0. The molecule has 0 fully saturated rings. The minimum absolute atomic E-state index is 0.830. The molecule has 0 aliphatic rings. The van der Waals surface area contributed by atoms with E-state index in [1.54, 1.807) is 0 Å². The van der Waals surface area contributed by atoms with Crippen LogP contribution in [0.4, 0.5) is 0 Å². The van der Waals surface area contributed by atoms with Crippen LogP contribution in [0.5, 0.6) is 0 Å². The molecule has 0 atom stereocenters. The van der Waals surface area contributed by atoms with Crippen molar-refractivity contribution in [3.05, 3.63) is 130 Å². The predicted octanol–water partition coefficient (Wildman–Crippen LogP) is 7.85. The van der Waals surface area contributed by atoms with Crippen LogP contribution in [0.15, 0.2) is 103 Å². The average Bonchev–Trinajstić information content (AvgIpc) is 2.84. The van der Waals surface area contributed by atoms with Gasteiger partial charge in [0.2, 0.25) is 0 Å². The highest BCUT2D eigenvalue weighted by atomic mass is 14.2. The number of hydrogen-bond donors (Lipinski definition) is 0. The van der Waals surface area contributed by atoms with Gasteiger partial charge in [0, 0.05) is 5.56 Å². The third-order valence-electron chi connectivity index (χ3n) is 5.37. The van der Waals surface area contributed by atoms with Gasteiger partial charge in [0.1, 0.15) is 0 Å². The lowest BCUT2D eigenvalue weighted by Crippen LogP contribution is -1.96. The fourth-order valence-corrected chi connectivity index (χ4v) is 3.53. The van der Waals surface area contributed by atoms with E-state index in [2.05, 4.69) is 123 Å². The minimum atomic E-state index is 0.830. The Labute approximate surface area is 193 Å². The summed E-state index contributed by atoms with van der Waals surface area (Å²) in [6.45, 7) is 6.31. The number of rotatable bonds is 6. The molecule has 0 aliphatic heterocycles. The highest BCUT2D eigenvalue weighted by Crippen LogP contribution is 2.35. The molecule has 0 N–H and O–H groups in total. The van der Waals surface area contributed by atoms with E-state index in [1.165, 1.54) is 33.4 Å². The zero-order valence-corrected chi connectivity index (χ0v) is 19.0. The molecule has 0 amide bonds. The Morgan fingerprint density at radius 2 is 1.47 bits per heavy atom. The Hall–Kier alpha value is -4.00. The van der Waals surface area contributed by atoms with Crippen molar-refractivity contribution in [2.75, 3.05) is 0 Å². The van der Waals surface area contributed by atoms with Gasteiger partial charge in [-0.1, -0.05) is 102 Å². The van der Waals surface area contributed by atoms with Crippen LogP contribution >= 0.6 is 0 Å². The Morgan fingerprint density at radius 3 is 2.09 bits per heavy atom. The van der Waals surface area contributed by atoms with Gasteiger partial charge < -0.3 is 0 Å². The van der Waals surface area contributed by atoms with Crippen LogP contribution in [-0.4, -0.2) is 0 Å². The maximum Gasteiger partial charge on any atom is 0.0255 e. The molecule has 0 heteroatoms. The monoisotopic (exact) mass is 412 g/mol. The largest absolute Gasteiger partial charge is 0.106 e. The van der Waals surface area contributed by atoms with Gasteiger partial charge >= 0.3 is 0 Å². The summed E-state index contributed by atoms with van der Waals surface area (Å²) >= 11 is 0. The van der Waals surface area contributed by atoms with Crippen molar-refractivity contribution in [1.82, 2.24) is 0 Å². The summed E-state index contributed by atoms with van der Waals surface area (Å²) in [4.78, 5) is 0. The highest BCUT2D eigenvalue weighted by molar-refractivity contribution is 5.99. The van der Waals surface area contributed by atoms with Gasteiger partial charge in [0.15, 0.2) is 0 Å². The molecule has 32 heavy (non-hydrogen) atoms. The third-order valence-corrected chi connectivity index (χ3v) is 5.37. The molecule has 156 valence electrons. The second kappa shape index (κ2) is 11.4. The Kier molecular flexibility index (Phi) is 8.09. The molecule has 0 saturated carbocycles. The van der Waals surface area contributed by atoms with E-state index in [0.29, 0.717) is 0 Å². The van der Waals surface area contributed by atoms with Gasteiger partial charge in [0.25, 0.3) is 0 Å². The maximum absolute atomic E-state index is 5.28. The van der Waals surface area contributed by atoms with Crippen LogP contribution in [0.3, 0.4) is 0 Å². The minimum Gasteiger partial charge on any atom is -0.106 e. The molecule has 0 spiro atoms. The second-order valence-corrected chi connectivity index (χ2v) is 7.70. The van der Waals surface area contributed by atoms with Gasteiger partial charge in [-0.05, 0) is 79.0 Å². The Morgan fingerprint density at radius 1 is 0.844 bits per heavy atom. The SMILES string of the molecule is C#CC#Cc1ccc(/C(=C(\C/C=C\C(C)=C/C)c2ccc(C)cc2)c2ccccc2)cc1. The van der Waals surface area contributed by atoms with Gasteiger partial charge in [-0.15, -0.1) is 6.42 Å². The van der Waals surface area contributed by atoms with Crippen LogP contribution < -0.4 is 0 Å². The molecule has 3 aromatic carbocycles. The van der Waals surface area contributed by atoms with E-state index in [-0.39, 0.29) is 0 Å². The summed E-state index contributed by atoms with van der Waals surface area (Å²) in [6, 6.07) is 27.7. The summed E-state index contributed by atoms with van der Waals surface area (Å²) in [5.74, 6) is 8.07. The first-order valence-corrected chi connectivity index (χ1v) is 10.8. The predicted molar refractivity (Wildman–Crippen MR) is 139 cm³/mol. The number of hydrogen-bond acceptors (Lipinski definition) is 0. The number of allylic oxidation sites excluding steroid dienone is 5. The van der Waals surface area contributed by atoms with Crippen LogP contribution in [0.1, 0.15) is 48.1 Å². The molecule has 3 aromatic rings. The smallest absolute Gasteiger partial charge is 0.0255 e. The zero-order valence-electron chi connectivity index (χ0n) is 19.0. The molecular formula is C32H28. The van der Waals surface area contributed by atoms with Crippen LogP contribution in [0, 0.1) is 31.1 Å². The van der Waals surface area contributed by atoms with Crippen molar-refractivity contribution in [2.45, 2.75) is 27.2 Å². The fourth-order valence-electron chi connectivity index (χ4n) is 3.53. The lowest BCUT2D eigenvalue weighted by molar-refractivity contribution is 1.34. The van der Waals surface area contributed by atoms with E-state index in [0.717, 1.165) is 17.5 Å². The molecular weight excluding hydrogens is 384 g/mol. The van der Waals surface area contributed by atoms with E-state index in [4.69, 9.17) is 6.42 Å². The molecule has 0 nitrogen and oxygen atoms in total. The van der Waals surface area contributed by atoms with Crippen molar-refractivity contribution in [3.63, 3.8) is 0 Å². The van der Waals surface area contributed by atoms with E-state index >= 15 is 0 Å². The molecule has 0 radical (unpaired) electrons. The van der Waals surface area contributed by atoms with Crippen molar-refractivity contribution in [1.29, 1.82) is 0 Å². The summed E-state index contributed by atoms with van der Waals surface area (Å²) in [6.07, 6.45) is 12.7. The molecule has 0 saturated heterocycles. The molecule has 0 bridgehead atoms. The molecule has 0 aliphatic carbocycles. The average molecular weight is 413 g/mol. The first kappa shape index (κ1) is 22.7.